The number of furan rings is 1. The molecule has 1 amide bonds. The van der Waals surface area contributed by atoms with Gasteiger partial charge in [-0.2, -0.15) is 4.68 Å². The molecule has 1 aromatic carbocycles. The Morgan fingerprint density at radius 3 is 2.53 bits per heavy atom. The third-order valence-corrected chi connectivity index (χ3v) is 4.86. The molecule has 2 aromatic heterocycles. The van der Waals surface area contributed by atoms with Crippen molar-refractivity contribution in [1.82, 2.24) is 30.0 Å². The minimum absolute atomic E-state index is 0.0291. The van der Waals surface area contributed by atoms with E-state index in [2.05, 4.69) is 20.4 Å². The number of ether oxygens (including phenoxy) is 1. The topological polar surface area (TPSA) is 133 Å². The summed E-state index contributed by atoms with van der Waals surface area (Å²) in [6.07, 6.45) is 0. The predicted molar refractivity (Wildman–Crippen MR) is 102 cm³/mol. The van der Waals surface area contributed by atoms with E-state index >= 15 is 0 Å². The lowest BCUT2D eigenvalue weighted by atomic mass is 10.2. The van der Waals surface area contributed by atoms with Crippen LogP contribution in [0.4, 0.5) is 5.88 Å². The maximum absolute atomic E-state index is 12.5. The van der Waals surface area contributed by atoms with E-state index in [-0.39, 0.29) is 11.7 Å². The molecule has 12 heteroatoms. The van der Waals surface area contributed by atoms with Crippen LogP contribution in [-0.4, -0.2) is 74.1 Å². The van der Waals surface area contributed by atoms with Gasteiger partial charge in [0, 0.05) is 26.2 Å². The number of piperazine rings is 1. The van der Waals surface area contributed by atoms with Crippen LogP contribution in [0.2, 0.25) is 0 Å². The molecule has 0 spiro atoms. The predicted octanol–water partition coefficient (Wildman–Crippen LogP) is 1.13. The third kappa shape index (κ3) is 3.98. The van der Waals surface area contributed by atoms with E-state index in [4.69, 9.17) is 9.15 Å². The number of hydrogen-bond acceptors (Lipinski definition) is 9. The highest BCUT2D eigenvalue weighted by atomic mass is 16.6. The molecule has 3 heterocycles. The molecule has 0 unspecified atom stereocenters. The molecule has 1 aliphatic rings. The monoisotopic (exact) mass is 413 g/mol. The normalized spacial score (nSPS) is 14.6. The molecular formula is C18H19N7O5. The largest absolute Gasteiger partial charge is 0.497 e. The van der Waals surface area contributed by atoms with Crippen LogP contribution < -0.4 is 4.74 Å². The zero-order valence-corrected chi connectivity index (χ0v) is 16.2. The molecule has 1 aliphatic heterocycles. The smallest absolute Gasteiger partial charge is 0.433 e. The summed E-state index contributed by atoms with van der Waals surface area (Å²) in [7, 11) is 1.61. The molecule has 0 radical (unpaired) electrons. The van der Waals surface area contributed by atoms with E-state index in [1.165, 1.54) is 12.1 Å². The van der Waals surface area contributed by atoms with Crippen molar-refractivity contribution in [3.8, 4) is 11.4 Å². The van der Waals surface area contributed by atoms with Crippen LogP contribution in [0.5, 0.6) is 5.75 Å². The first-order valence-corrected chi connectivity index (χ1v) is 9.22. The Balaban J connectivity index is 1.36. The summed E-state index contributed by atoms with van der Waals surface area (Å²) in [4.78, 5) is 26.3. The zero-order valence-electron chi connectivity index (χ0n) is 16.2. The average Bonchev–Trinajstić information content (AvgIpc) is 3.44. The molecule has 1 fully saturated rings. The average molecular weight is 413 g/mol. The highest BCUT2D eigenvalue weighted by Crippen LogP contribution is 2.19. The number of hydrogen-bond donors (Lipinski definition) is 0. The first-order chi connectivity index (χ1) is 14.5. The quantitative estimate of drug-likeness (QED) is 0.431. The summed E-state index contributed by atoms with van der Waals surface area (Å²) in [5.74, 6) is 0.601. The van der Waals surface area contributed by atoms with Crippen molar-refractivity contribution >= 4 is 11.8 Å². The molecule has 0 saturated carbocycles. The lowest BCUT2D eigenvalue weighted by molar-refractivity contribution is -0.402. The summed E-state index contributed by atoms with van der Waals surface area (Å²) in [6.45, 7) is 2.69. The van der Waals surface area contributed by atoms with Gasteiger partial charge >= 0.3 is 5.88 Å². The molecule has 3 aromatic rings. The number of nitro groups is 1. The second-order valence-corrected chi connectivity index (χ2v) is 6.67. The molecule has 12 nitrogen and oxygen atoms in total. The van der Waals surface area contributed by atoms with Crippen LogP contribution in [0.3, 0.4) is 0 Å². The minimum atomic E-state index is -0.665. The summed E-state index contributed by atoms with van der Waals surface area (Å²) < 4.78 is 11.8. The van der Waals surface area contributed by atoms with Gasteiger partial charge in [0.2, 0.25) is 0 Å². The van der Waals surface area contributed by atoms with E-state index < -0.39 is 10.8 Å². The summed E-state index contributed by atoms with van der Waals surface area (Å²) in [5.41, 5.74) is 0.823. The molecule has 156 valence electrons. The van der Waals surface area contributed by atoms with Crippen molar-refractivity contribution < 1.29 is 18.9 Å². The number of methoxy groups -OCH3 is 1. The Kier molecular flexibility index (Phi) is 5.39. The van der Waals surface area contributed by atoms with E-state index in [1.807, 2.05) is 24.3 Å². The van der Waals surface area contributed by atoms with Gasteiger partial charge in [0.1, 0.15) is 10.7 Å². The maximum Gasteiger partial charge on any atom is 0.433 e. The third-order valence-electron chi connectivity index (χ3n) is 4.86. The first kappa shape index (κ1) is 19.5. The van der Waals surface area contributed by atoms with Crippen molar-refractivity contribution in [1.29, 1.82) is 0 Å². The maximum atomic E-state index is 12.5. The number of amides is 1. The van der Waals surface area contributed by atoms with Gasteiger partial charge in [-0.05, 0) is 40.8 Å². The SMILES string of the molecule is COc1ccc(-n2nnnc2CN2CCN(C(=O)c3ccc([N+](=O)[O-])o3)CC2)cc1. The van der Waals surface area contributed by atoms with Crippen molar-refractivity contribution in [2.45, 2.75) is 6.54 Å². The Morgan fingerprint density at radius 1 is 1.17 bits per heavy atom. The number of tetrazole rings is 1. The van der Waals surface area contributed by atoms with Crippen LogP contribution in [-0.2, 0) is 6.54 Å². The number of aromatic nitrogens is 4. The fraction of sp³-hybridized carbons (Fsp3) is 0.333. The van der Waals surface area contributed by atoms with E-state index in [9.17, 15) is 14.9 Å². The molecule has 0 aliphatic carbocycles. The van der Waals surface area contributed by atoms with Gasteiger partial charge in [-0.1, -0.05) is 0 Å². The van der Waals surface area contributed by atoms with Crippen LogP contribution >= 0.6 is 0 Å². The fourth-order valence-electron chi connectivity index (χ4n) is 3.23. The number of carbonyl (C=O) groups is 1. The van der Waals surface area contributed by atoms with Crippen LogP contribution in [0.25, 0.3) is 5.69 Å². The summed E-state index contributed by atoms with van der Waals surface area (Å²) >= 11 is 0. The Labute approximate surface area is 170 Å². The lowest BCUT2D eigenvalue weighted by Gasteiger charge is -2.33. The lowest BCUT2D eigenvalue weighted by Crippen LogP contribution is -2.48. The highest BCUT2D eigenvalue weighted by molar-refractivity contribution is 5.91. The Hall–Kier alpha value is -3.80. The first-order valence-electron chi connectivity index (χ1n) is 9.22. The van der Waals surface area contributed by atoms with E-state index in [0.717, 1.165) is 11.4 Å². The fourth-order valence-corrected chi connectivity index (χ4v) is 3.23. The number of rotatable bonds is 6. The van der Waals surface area contributed by atoms with Gasteiger partial charge in [-0.3, -0.25) is 19.8 Å². The van der Waals surface area contributed by atoms with Crippen molar-refractivity contribution in [3.63, 3.8) is 0 Å². The van der Waals surface area contributed by atoms with Crippen LogP contribution in [0, 0.1) is 10.1 Å². The molecule has 30 heavy (non-hydrogen) atoms. The van der Waals surface area contributed by atoms with Crippen molar-refractivity contribution in [2.75, 3.05) is 33.3 Å². The molecule has 0 atom stereocenters. The minimum Gasteiger partial charge on any atom is -0.497 e. The number of nitrogens with zero attached hydrogens (tertiary/aromatic N) is 7. The molecule has 0 N–H and O–H groups in total. The molecule has 0 bridgehead atoms. The number of carbonyl (C=O) groups excluding carboxylic acids is 1. The van der Waals surface area contributed by atoms with Gasteiger partial charge in [-0.25, -0.2) is 0 Å². The van der Waals surface area contributed by atoms with Crippen LogP contribution in [0.1, 0.15) is 16.4 Å². The standard InChI is InChI=1S/C18H19N7O5/c1-29-14-4-2-13(3-5-14)24-16(19-20-21-24)12-22-8-10-23(11-9-22)18(26)15-6-7-17(30-15)25(27)28/h2-7H,8-12H2,1H3. The van der Waals surface area contributed by atoms with Crippen molar-refractivity contribution in [3.05, 3.63) is 58.1 Å². The van der Waals surface area contributed by atoms with Gasteiger partial charge in [0.15, 0.2) is 11.6 Å². The van der Waals surface area contributed by atoms with Gasteiger partial charge in [0.25, 0.3) is 5.91 Å². The van der Waals surface area contributed by atoms with Gasteiger partial charge < -0.3 is 14.1 Å². The molecular weight excluding hydrogens is 394 g/mol. The summed E-state index contributed by atoms with van der Waals surface area (Å²) in [6, 6.07) is 9.93. The zero-order chi connectivity index (χ0) is 21.1. The van der Waals surface area contributed by atoms with Gasteiger partial charge in [-0.15, -0.1) is 5.10 Å². The van der Waals surface area contributed by atoms with Crippen LogP contribution in [0.15, 0.2) is 40.8 Å². The van der Waals surface area contributed by atoms with Crippen molar-refractivity contribution in [2.24, 2.45) is 0 Å². The van der Waals surface area contributed by atoms with Gasteiger partial charge in [0.05, 0.1) is 25.4 Å². The van der Waals surface area contributed by atoms with E-state index in [0.29, 0.717) is 38.5 Å². The second kappa shape index (κ2) is 8.29. The Morgan fingerprint density at radius 2 is 1.90 bits per heavy atom. The van der Waals surface area contributed by atoms with E-state index in [1.54, 1.807) is 16.7 Å². The molecule has 4 rings (SSSR count). The summed E-state index contributed by atoms with van der Waals surface area (Å²) in [5, 5.41) is 22.7. The number of benzene rings is 1. The molecule has 1 saturated heterocycles. The second-order valence-electron chi connectivity index (χ2n) is 6.67. The Bertz CT molecular complexity index is 1040. The highest BCUT2D eigenvalue weighted by Gasteiger charge is 2.26.